The molecular weight excluding hydrogens is 226 g/mol. The first-order chi connectivity index (χ1) is 7.59. The van der Waals surface area contributed by atoms with Gasteiger partial charge in [0.25, 0.3) is 0 Å². The number of likely N-dealkylation sites (N-methyl/N-ethyl adjacent to an activating group) is 1. The first-order valence-electron chi connectivity index (χ1n) is 6.08. The fraction of sp³-hybridized carbons (Fsp3) is 1.00. The van der Waals surface area contributed by atoms with Gasteiger partial charge in [-0.15, -0.1) is 0 Å². The monoisotopic (exact) mass is 249 g/mol. The molecule has 0 radical (unpaired) electrons. The minimum atomic E-state index is -2.82. The SMILES string of the molecule is CCS(=O)(=O)CCCC(NC)C1CCCO1. The molecule has 1 N–H and O–H groups in total. The van der Waals surface area contributed by atoms with Gasteiger partial charge in [-0.05, 0) is 32.7 Å². The highest BCUT2D eigenvalue weighted by atomic mass is 32.2. The van der Waals surface area contributed by atoms with Gasteiger partial charge in [0.2, 0.25) is 0 Å². The van der Waals surface area contributed by atoms with E-state index in [-0.39, 0.29) is 11.9 Å². The largest absolute Gasteiger partial charge is 0.377 e. The lowest BCUT2D eigenvalue weighted by Crippen LogP contribution is -2.37. The van der Waals surface area contributed by atoms with E-state index in [0.717, 1.165) is 32.3 Å². The van der Waals surface area contributed by atoms with Crippen LogP contribution in [0.5, 0.6) is 0 Å². The number of hydrogen-bond acceptors (Lipinski definition) is 4. The van der Waals surface area contributed by atoms with Crippen molar-refractivity contribution in [1.82, 2.24) is 5.32 Å². The van der Waals surface area contributed by atoms with Gasteiger partial charge in [-0.25, -0.2) is 8.42 Å². The Hall–Kier alpha value is -0.130. The highest BCUT2D eigenvalue weighted by Gasteiger charge is 2.24. The molecule has 2 atom stereocenters. The van der Waals surface area contributed by atoms with Crippen LogP contribution >= 0.6 is 0 Å². The highest BCUT2D eigenvalue weighted by Crippen LogP contribution is 2.18. The summed E-state index contributed by atoms with van der Waals surface area (Å²) in [5.74, 6) is 0.547. The third-order valence-electron chi connectivity index (χ3n) is 3.19. The van der Waals surface area contributed by atoms with Gasteiger partial charge in [0.05, 0.1) is 11.9 Å². The summed E-state index contributed by atoms with van der Waals surface area (Å²) < 4.78 is 28.3. The van der Waals surface area contributed by atoms with Crippen LogP contribution in [0.2, 0.25) is 0 Å². The molecule has 0 saturated carbocycles. The van der Waals surface area contributed by atoms with E-state index in [1.165, 1.54) is 0 Å². The first-order valence-corrected chi connectivity index (χ1v) is 7.90. The number of sulfone groups is 1. The molecule has 1 aliphatic heterocycles. The van der Waals surface area contributed by atoms with E-state index >= 15 is 0 Å². The Balaban J connectivity index is 2.29. The van der Waals surface area contributed by atoms with E-state index in [2.05, 4.69) is 5.32 Å². The molecule has 2 unspecified atom stereocenters. The predicted molar refractivity (Wildman–Crippen MR) is 65.4 cm³/mol. The molecule has 0 aliphatic carbocycles. The summed E-state index contributed by atoms with van der Waals surface area (Å²) in [6.07, 6.45) is 4.08. The zero-order valence-electron chi connectivity index (χ0n) is 10.2. The Bertz CT molecular complexity index is 284. The van der Waals surface area contributed by atoms with E-state index in [9.17, 15) is 8.42 Å². The zero-order chi connectivity index (χ0) is 12.0. The van der Waals surface area contributed by atoms with Crippen LogP contribution in [0.25, 0.3) is 0 Å². The molecule has 1 aliphatic rings. The quantitative estimate of drug-likeness (QED) is 0.730. The molecule has 4 nitrogen and oxygen atoms in total. The van der Waals surface area contributed by atoms with Crippen molar-refractivity contribution in [3.8, 4) is 0 Å². The lowest BCUT2D eigenvalue weighted by molar-refractivity contribution is 0.0779. The molecule has 0 aromatic heterocycles. The van der Waals surface area contributed by atoms with Gasteiger partial charge in [-0.2, -0.15) is 0 Å². The van der Waals surface area contributed by atoms with Gasteiger partial charge in [0, 0.05) is 18.4 Å². The number of hydrogen-bond donors (Lipinski definition) is 1. The molecule has 1 rings (SSSR count). The van der Waals surface area contributed by atoms with Crippen molar-refractivity contribution in [2.75, 3.05) is 25.2 Å². The van der Waals surface area contributed by atoms with Crippen LogP contribution < -0.4 is 5.32 Å². The van der Waals surface area contributed by atoms with Gasteiger partial charge in [0.15, 0.2) is 0 Å². The maximum atomic E-state index is 11.3. The minimum Gasteiger partial charge on any atom is -0.377 e. The van der Waals surface area contributed by atoms with Gasteiger partial charge < -0.3 is 10.1 Å². The predicted octanol–water partition coefficient (Wildman–Crippen LogP) is 0.968. The van der Waals surface area contributed by atoms with E-state index in [0.29, 0.717) is 11.8 Å². The molecule has 0 aromatic rings. The Morgan fingerprint density at radius 3 is 2.75 bits per heavy atom. The smallest absolute Gasteiger partial charge is 0.150 e. The topological polar surface area (TPSA) is 55.4 Å². The van der Waals surface area contributed by atoms with E-state index in [1.807, 2.05) is 7.05 Å². The van der Waals surface area contributed by atoms with E-state index in [1.54, 1.807) is 6.92 Å². The molecule has 1 fully saturated rings. The molecular formula is C11H23NO3S. The van der Waals surface area contributed by atoms with Crippen molar-refractivity contribution in [2.24, 2.45) is 0 Å². The average molecular weight is 249 g/mol. The summed E-state index contributed by atoms with van der Waals surface area (Å²) in [4.78, 5) is 0. The molecule has 16 heavy (non-hydrogen) atoms. The van der Waals surface area contributed by atoms with Gasteiger partial charge >= 0.3 is 0 Å². The number of ether oxygens (including phenoxy) is 1. The second kappa shape index (κ2) is 6.57. The van der Waals surface area contributed by atoms with Crippen LogP contribution in [0.4, 0.5) is 0 Å². The van der Waals surface area contributed by atoms with Crippen molar-refractivity contribution >= 4 is 9.84 Å². The number of nitrogens with one attached hydrogen (secondary N) is 1. The van der Waals surface area contributed by atoms with Crippen LogP contribution in [0, 0.1) is 0 Å². The number of rotatable bonds is 7. The summed E-state index contributed by atoms with van der Waals surface area (Å²) in [6.45, 7) is 2.54. The lowest BCUT2D eigenvalue weighted by atomic mass is 10.0. The highest BCUT2D eigenvalue weighted by molar-refractivity contribution is 7.91. The third-order valence-corrected chi connectivity index (χ3v) is 4.99. The summed E-state index contributed by atoms with van der Waals surface area (Å²) in [6, 6.07) is 0.301. The van der Waals surface area contributed by atoms with Gasteiger partial charge in [0.1, 0.15) is 9.84 Å². The fourth-order valence-electron chi connectivity index (χ4n) is 2.10. The molecule has 5 heteroatoms. The molecule has 0 amide bonds. The van der Waals surface area contributed by atoms with Crippen molar-refractivity contribution in [3.63, 3.8) is 0 Å². The van der Waals surface area contributed by atoms with Crippen molar-refractivity contribution in [3.05, 3.63) is 0 Å². The molecule has 0 spiro atoms. The molecule has 0 aromatic carbocycles. The fourth-order valence-corrected chi connectivity index (χ4v) is 3.00. The summed E-state index contributed by atoms with van der Waals surface area (Å²) in [5.41, 5.74) is 0. The summed E-state index contributed by atoms with van der Waals surface area (Å²) >= 11 is 0. The summed E-state index contributed by atoms with van der Waals surface area (Å²) in [5, 5.41) is 3.23. The maximum Gasteiger partial charge on any atom is 0.150 e. The van der Waals surface area contributed by atoms with Crippen molar-refractivity contribution < 1.29 is 13.2 Å². The van der Waals surface area contributed by atoms with E-state index in [4.69, 9.17) is 4.74 Å². The van der Waals surface area contributed by atoms with Crippen LogP contribution in [0.1, 0.15) is 32.6 Å². The molecule has 1 heterocycles. The molecule has 1 saturated heterocycles. The standard InChI is InChI=1S/C11H23NO3S/c1-3-16(13,14)9-5-6-10(12-2)11-7-4-8-15-11/h10-12H,3-9H2,1-2H3. The van der Waals surface area contributed by atoms with Gasteiger partial charge in [-0.1, -0.05) is 6.92 Å². The Morgan fingerprint density at radius 1 is 1.50 bits per heavy atom. The lowest BCUT2D eigenvalue weighted by Gasteiger charge is -2.22. The minimum absolute atomic E-state index is 0.247. The maximum absolute atomic E-state index is 11.3. The first kappa shape index (κ1) is 13.9. The van der Waals surface area contributed by atoms with Gasteiger partial charge in [-0.3, -0.25) is 0 Å². The van der Waals surface area contributed by atoms with E-state index < -0.39 is 9.84 Å². The average Bonchev–Trinajstić information content (AvgIpc) is 2.78. The van der Waals surface area contributed by atoms with Crippen LogP contribution in [-0.4, -0.2) is 45.7 Å². The second-order valence-corrected chi connectivity index (χ2v) is 6.80. The zero-order valence-corrected chi connectivity index (χ0v) is 11.1. The third kappa shape index (κ3) is 4.39. The Labute approximate surface area is 98.7 Å². The molecule has 96 valence electrons. The normalized spacial score (nSPS) is 23.5. The van der Waals surface area contributed by atoms with Crippen LogP contribution in [-0.2, 0) is 14.6 Å². The second-order valence-electron chi connectivity index (χ2n) is 4.33. The van der Waals surface area contributed by atoms with Crippen LogP contribution in [0.15, 0.2) is 0 Å². The molecule has 0 bridgehead atoms. The Kier molecular flexibility index (Phi) is 5.72. The summed E-state index contributed by atoms with van der Waals surface area (Å²) in [7, 11) is -0.898. The Morgan fingerprint density at radius 2 is 2.25 bits per heavy atom. The van der Waals surface area contributed by atoms with Crippen molar-refractivity contribution in [2.45, 2.75) is 44.8 Å². The van der Waals surface area contributed by atoms with Crippen molar-refractivity contribution in [1.29, 1.82) is 0 Å². The van der Waals surface area contributed by atoms with Crippen LogP contribution in [0.3, 0.4) is 0 Å².